The Kier molecular flexibility index (Phi) is 4.66. The van der Waals surface area contributed by atoms with Crippen molar-refractivity contribution in [2.45, 2.75) is 6.92 Å². The maximum absolute atomic E-state index is 11.7. The Labute approximate surface area is 116 Å². The lowest BCUT2D eigenvalue weighted by Crippen LogP contribution is -2.24. The van der Waals surface area contributed by atoms with E-state index >= 15 is 0 Å². The average Bonchev–Trinajstić information content (AvgIpc) is 2.71. The van der Waals surface area contributed by atoms with Gasteiger partial charge in [-0.1, -0.05) is 18.2 Å². The van der Waals surface area contributed by atoms with Crippen molar-refractivity contribution in [2.75, 3.05) is 0 Å². The zero-order valence-electron chi connectivity index (χ0n) is 10.3. The van der Waals surface area contributed by atoms with Crippen LogP contribution in [0.4, 0.5) is 0 Å². The van der Waals surface area contributed by atoms with Gasteiger partial charge in [0.25, 0.3) is 5.91 Å². The van der Waals surface area contributed by atoms with Crippen LogP contribution in [0.5, 0.6) is 0 Å². The number of guanidine groups is 1. The second-order valence-corrected chi connectivity index (χ2v) is 3.73. The van der Waals surface area contributed by atoms with E-state index in [1.54, 1.807) is 11.6 Å². The lowest BCUT2D eigenvalue weighted by atomic mass is 10.2. The largest absolute Gasteiger partial charge is 0.370 e. The number of halogens is 1. The standard InChI is InChI=1S/C12H13N5O.ClH/c1-8-10(11(18)16-12(13)14)7-15-17(8)9-5-3-2-4-6-9;/h2-7H,1H3,(H4,13,14,16,18);1H. The Hall–Kier alpha value is -2.34. The lowest BCUT2D eigenvalue weighted by molar-refractivity contribution is 0.100. The lowest BCUT2D eigenvalue weighted by Gasteiger charge is -2.03. The molecular formula is C12H14ClN5O. The predicted octanol–water partition coefficient (Wildman–Crippen LogP) is 1.02. The van der Waals surface area contributed by atoms with Crippen molar-refractivity contribution in [3.05, 3.63) is 47.8 Å². The molecule has 0 fully saturated rings. The first kappa shape index (κ1) is 14.7. The summed E-state index contributed by atoms with van der Waals surface area (Å²) in [7, 11) is 0. The van der Waals surface area contributed by atoms with Crippen LogP contribution in [0.25, 0.3) is 5.69 Å². The number of carbonyl (C=O) groups is 1. The Morgan fingerprint density at radius 1 is 1.26 bits per heavy atom. The van der Waals surface area contributed by atoms with Gasteiger partial charge < -0.3 is 11.5 Å². The number of aromatic nitrogens is 2. The summed E-state index contributed by atoms with van der Waals surface area (Å²) in [4.78, 5) is 15.2. The van der Waals surface area contributed by atoms with Crippen molar-refractivity contribution in [1.82, 2.24) is 9.78 Å². The highest BCUT2D eigenvalue weighted by atomic mass is 35.5. The van der Waals surface area contributed by atoms with Crippen LogP contribution in [0.2, 0.25) is 0 Å². The smallest absolute Gasteiger partial charge is 0.283 e. The fourth-order valence-corrected chi connectivity index (χ4v) is 1.63. The minimum absolute atomic E-state index is 0. The first-order valence-electron chi connectivity index (χ1n) is 5.33. The minimum atomic E-state index is -0.491. The number of aliphatic imine (C=N–C) groups is 1. The molecule has 0 radical (unpaired) electrons. The second kappa shape index (κ2) is 6.01. The molecule has 4 N–H and O–H groups in total. The Bertz CT molecular complexity index is 602. The summed E-state index contributed by atoms with van der Waals surface area (Å²) in [5.41, 5.74) is 12.3. The molecule has 1 amide bonds. The van der Waals surface area contributed by atoms with E-state index in [-0.39, 0.29) is 18.4 Å². The Balaban J connectivity index is 0.00000180. The molecule has 100 valence electrons. The molecule has 0 aliphatic rings. The van der Waals surface area contributed by atoms with Gasteiger partial charge in [-0.25, -0.2) is 4.68 Å². The van der Waals surface area contributed by atoms with E-state index in [2.05, 4.69) is 10.1 Å². The van der Waals surface area contributed by atoms with Crippen molar-refractivity contribution in [2.24, 2.45) is 16.5 Å². The van der Waals surface area contributed by atoms with Crippen LogP contribution in [0.1, 0.15) is 16.1 Å². The number of nitrogens with two attached hydrogens (primary N) is 2. The summed E-state index contributed by atoms with van der Waals surface area (Å²) < 4.78 is 1.66. The number of rotatable bonds is 2. The number of hydrogen-bond acceptors (Lipinski definition) is 2. The van der Waals surface area contributed by atoms with Crippen LogP contribution < -0.4 is 11.5 Å². The zero-order valence-corrected chi connectivity index (χ0v) is 11.1. The highest BCUT2D eigenvalue weighted by molar-refractivity contribution is 6.02. The first-order chi connectivity index (χ1) is 8.59. The van der Waals surface area contributed by atoms with Gasteiger partial charge in [-0.3, -0.25) is 4.79 Å². The van der Waals surface area contributed by atoms with Crippen LogP contribution in [0.3, 0.4) is 0 Å². The molecule has 6 nitrogen and oxygen atoms in total. The van der Waals surface area contributed by atoms with Crippen molar-refractivity contribution in [3.63, 3.8) is 0 Å². The Morgan fingerprint density at radius 2 is 1.89 bits per heavy atom. The molecule has 1 aromatic carbocycles. The van der Waals surface area contributed by atoms with Crippen molar-refractivity contribution in [1.29, 1.82) is 0 Å². The van der Waals surface area contributed by atoms with Gasteiger partial charge in [-0.05, 0) is 19.1 Å². The third kappa shape index (κ3) is 3.11. The topological polar surface area (TPSA) is 99.3 Å². The van der Waals surface area contributed by atoms with E-state index in [1.165, 1.54) is 6.20 Å². The van der Waals surface area contributed by atoms with E-state index < -0.39 is 5.91 Å². The van der Waals surface area contributed by atoms with Gasteiger partial charge >= 0.3 is 0 Å². The zero-order chi connectivity index (χ0) is 13.1. The SMILES string of the molecule is Cc1c(C(=O)N=C(N)N)cnn1-c1ccccc1.Cl. The van der Waals surface area contributed by atoms with Gasteiger partial charge in [-0.2, -0.15) is 10.1 Å². The van der Waals surface area contributed by atoms with Crippen molar-refractivity contribution < 1.29 is 4.79 Å². The van der Waals surface area contributed by atoms with Crippen LogP contribution in [-0.2, 0) is 0 Å². The summed E-state index contributed by atoms with van der Waals surface area (Å²) >= 11 is 0. The number of benzene rings is 1. The van der Waals surface area contributed by atoms with Gasteiger partial charge in [0.2, 0.25) is 0 Å². The maximum atomic E-state index is 11.7. The monoisotopic (exact) mass is 279 g/mol. The third-order valence-electron chi connectivity index (χ3n) is 2.47. The fraction of sp³-hybridized carbons (Fsp3) is 0.0833. The molecule has 0 unspecified atom stereocenters. The fourth-order valence-electron chi connectivity index (χ4n) is 1.63. The van der Waals surface area contributed by atoms with Crippen LogP contribution >= 0.6 is 12.4 Å². The van der Waals surface area contributed by atoms with E-state index in [0.29, 0.717) is 11.3 Å². The van der Waals surface area contributed by atoms with Crippen LogP contribution in [0, 0.1) is 6.92 Å². The summed E-state index contributed by atoms with van der Waals surface area (Å²) in [6.07, 6.45) is 1.46. The maximum Gasteiger partial charge on any atom is 0.283 e. The van der Waals surface area contributed by atoms with E-state index in [9.17, 15) is 4.79 Å². The van der Waals surface area contributed by atoms with Gasteiger partial charge in [0.05, 0.1) is 23.1 Å². The van der Waals surface area contributed by atoms with E-state index in [0.717, 1.165) is 5.69 Å². The third-order valence-corrected chi connectivity index (χ3v) is 2.47. The van der Waals surface area contributed by atoms with Crippen molar-refractivity contribution >= 4 is 24.3 Å². The molecule has 2 aromatic rings. The normalized spacial score (nSPS) is 9.53. The highest BCUT2D eigenvalue weighted by Crippen LogP contribution is 2.14. The molecule has 7 heteroatoms. The molecule has 0 aliphatic heterocycles. The van der Waals surface area contributed by atoms with Gasteiger partial charge in [0.15, 0.2) is 5.96 Å². The molecule has 1 heterocycles. The van der Waals surface area contributed by atoms with Gasteiger partial charge in [0.1, 0.15) is 0 Å². The number of carbonyl (C=O) groups excluding carboxylic acids is 1. The number of para-hydroxylation sites is 1. The molecule has 2 rings (SSSR count). The Morgan fingerprint density at radius 3 is 2.47 bits per heavy atom. The molecule has 0 bridgehead atoms. The summed E-state index contributed by atoms with van der Waals surface area (Å²) in [5, 5.41) is 4.16. The summed E-state index contributed by atoms with van der Waals surface area (Å²) in [5.74, 6) is -0.749. The molecule has 0 saturated carbocycles. The highest BCUT2D eigenvalue weighted by Gasteiger charge is 2.14. The molecule has 1 aromatic heterocycles. The molecule has 0 aliphatic carbocycles. The molecule has 0 atom stereocenters. The quantitative estimate of drug-likeness (QED) is 0.633. The number of hydrogen-bond donors (Lipinski definition) is 2. The van der Waals surface area contributed by atoms with Crippen LogP contribution in [-0.4, -0.2) is 21.6 Å². The van der Waals surface area contributed by atoms with E-state index in [1.807, 2.05) is 30.3 Å². The minimum Gasteiger partial charge on any atom is -0.370 e. The van der Waals surface area contributed by atoms with Gasteiger partial charge in [0, 0.05) is 0 Å². The average molecular weight is 280 g/mol. The van der Waals surface area contributed by atoms with Crippen molar-refractivity contribution in [3.8, 4) is 5.69 Å². The van der Waals surface area contributed by atoms with Crippen LogP contribution in [0.15, 0.2) is 41.5 Å². The second-order valence-electron chi connectivity index (χ2n) is 3.73. The first-order valence-corrected chi connectivity index (χ1v) is 5.33. The predicted molar refractivity (Wildman–Crippen MR) is 75.7 cm³/mol. The molecule has 0 spiro atoms. The summed E-state index contributed by atoms with van der Waals surface area (Å²) in [6.45, 7) is 1.79. The molecule has 19 heavy (non-hydrogen) atoms. The van der Waals surface area contributed by atoms with Gasteiger partial charge in [-0.15, -0.1) is 12.4 Å². The number of amides is 1. The molecule has 0 saturated heterocycles. The molecular weight excluding hydrogens is 266 g/mol. The van der Waals surface area contributed by atoms with E-state index in [4.69, 9.17) is 11.5 Å². The summed E-state index contributed by atoms with van der Waals surface area (Å²) in [6, 6.07) is 9.50. The number of nitrogens with zero attached hydrogens (tertiary/aromatic N) is 3.